The van der Waals surface area contributed by atoms with E-state index in [-0.39, 0.29) is 0 Å². The normalized spacial score (nSPS) is 16.2. The molecule has 92 valence electrons. The Labute approximate surface area is 105 Å². The summed E-state index contributed by atoms with van der Waals surface area (Å²) in [5, 5.41) is 9.09. The van der Waals surface area contributed by atoms with Gasteiger partial charge in [-0.15, -0.1) is 11.8 Å². The van der Waals surface area contributed by atoms with Crippen LogP contribution in [-0.2, 0) is 0 Å². The van der Waals surface area contributed by atoms with Crippen LogP contribution in [0.15, 0.2) is 23.1 Å². The number of hydrogen-bond acceptors (Lipinski definition) is 3. The van der Waals surface area contributed by atoms with Crippen LogP contribution in [0.1, 0.15) is 36.0 Å². The first-order valence-corrected chi connectivity index (χ1v) is 6.91. The van der Waals surface area contributed by atoms with Gasteiger partial charge in [-0.1, -0.05) is 12.8 Å². The van der Waals surface area contributed by atoms with Crippen LogP contribution in [0.3, 0.4) is 0 Å². The lowest BCUT2D eigenvalue weighted by Crippen LogP contribution is -2.02. The molecule has 0 aliphatic heterocycles. The van der Waals surface area contributed by atoms with E-state index in [1.807, 2.05) is 0 Å². The van der Waals surface area contributed by atoms with E-state index in [4.69, 9.17) is 10.8 Å². The Morgan fingerprint density at radius 1 is 1.41 bits per heavy atom. The molecule has 0 unspecified atom stereocenters. The standard InChI is InChI=1S/C13H17NO2S/c14-10-5-6-11(13(15)16)12(7-10)17-8-9-3-1-2-4-9/h5-7,9H,1-4,8,14H2,(H,15,16). The zero-order valence-electron chi connectivity index (χ0n) is 9.69. The van der Waals surface area contributed by atoms with Crippen molar-refractivity contribution in [2.45, 2.75) is 30.6 Å². The molecular formula is C13H17NO2S. The summed E-state index contributed by atoms with van der Waals surface area (Å²) in [5.74, 6) is 0.867. The molecule has 1 aromatic rings. The summed E-state index contributed by atoms with van der Waals surface area (Å²) in [6, 6.07) is 5.00. The second-order valence-electron chi connectivity index (χ2n) is 4.52. The van der Waals surface area contributed by atoms with Crippen LogP contribution in [0.2, 0.25) is 0 Å². The number of carboxylic acid groups (broad SMARTS) is 1. The van der Waals surface area contributed by atoms with Gasteiger partial charge >= 0.3 is 5.97 Å². The van der Waals surface area contributed by atoms with Crippen molar-refractivity contribution < 1.29 is 9.90 Å². The molecule has 0 bridgehead atoms. The smallest absolute Gasteiger partial charge is 0.336 e. The molecule has 0 atom stereocenters. The van der Waals surface area contributed by atoms with Crippen molar-refractivity contribution in [3.8, 4) is 0 Å². The average Bonchev–Trinajstić information content (AvgIpc) is 2.78. The van der Waals surface area contributed by atoms with Gasteiger partial charge in [0, 0.05) is 16.3 Å². The maximum atomic E-state index is 11.1. The Hall–Kier alpha value is -1.16. The average molecular weight is 251 g/mol. The minimum absolute atomic E-state index is 0.363. The van der Waals surface area contributed by atoms with Gasteiger partial charge in [0.2, 0.25) is 0 Å². The van der Waals surface area contributed by atoms with Crippen molar-refractivity contribution >= 4 is 23.4 Å². The molecule has 0 spiro atoms. The first kappa shape index (κ1) is 12.3. The number of thioether (sulfide) groups is 1. The highest BCUT2D eigenvalue weighted by molar-refractivity contribution is 7.99. The molecule has 0 radical (unpaired) electrons. The maximum absolute atomic E-state index is 11.1. The van der Waals surface area contributed by atoms with E-state index in [1.165, 1.54) is 25.7 Å². The summed E-state index contributed by atoms with van der Waals surface area (Å²) in [6.45, 7) is 0. The quantitative estimate of drug-likeness (QED) is 0.637. The fourth-order valence-corrected chi connectivity index (χ4v) is 3.50. The summed E-state index contributed by atoms with van der Waals surface area (Å²) >= 11 is 1.63. The van der Waals surface area contributed by atoms with Crippen LogP contribution in [0, 0.1) is 5.92 Å². The Bertz CT molecular complexity index is 414. The Balaban J connectivity index is 2.07. The molecule has 4 heteroatoms. The van der Waals surface area contributed by atoms with Crippen LogP contribution in [-0.4, -0.2) is 16.8 Å². The number of aromatic carboxylic acids is 1. The summed E-state index contributed by atoms with van der Waals surface area (Å²) < 4.78 is 0. The first-order chi connectivity index (χ1) is 8.16. The van der Waals surface area contributed by atoms with Gasteiger partial charge in [-0.25, -0.2) is 4.79 Å². The molecule has 1 aliphatic carbocycles. The third kappa shape index (κ3) is 3.16. The lowest BCUT2D eigenvalue weighted by molar-refractivity contribution is 0.0693. The molecule has 0 heterocycles. The number of carboxylic acids is 1. The van der Waals surface area contributed by atoms with Crippen molar-refractivity contribution in [1.29, 1.82) is 0 Å². The third-order valence-electron chi connectivity index (χ3n) is 3.19. The Kier molecular flexibility index (Phi) is 3.94. The largest absolute Gasteiger partial charge is 0.478 e. The SMILES string of the molecule is Nc1ccc(C(=O)O)c(SCC2CCCC2)c1. The minimum atomic E-state index is -0.876. The number of rotatable bonds is 4. The molecular weight excluding hydrogens is 234 g/mol. The van der Waals surface area contributed by atoms with E-state index in [9.17, 15) is 4.79 Å². The monoisotopic (exact) mass is 251 g/mol. The molecule has 1 aliphatic rings. The van der Waals surface area contributed by atoms with Crippen molar-refractivity contribution in [3.63, 3.8) is 0 Å². The molecule has 1 saturated carbocycles. The van der Waals surface area contributed by atoms with Crippen LogP contribution in [0.25, 0.3) is 0 Å². The first-order valence-electron chi connectivity index (χ1n) is 5.92. The van der Waals surface area contributed by atoms with Crippen molar-refractivity contribution in [3.05, 3.63) is 23.8 Å². The van der Waals surface area contributed by atoms with Crippen LogP contribution in [0.5, 0.6) is 0 Å². The molecule has 0 amide bonds. The van der Waals surface area contributed by atoms with Crippen molar-refractivity contribution in [1.82, 2.24) is 0 Å². The van der Waals surface area contributed by atoms with E-state index < -0.39 is 5.97 Å². The van der Waals surface area contributed by atoms with Gasteiger partial charge in [-0.3, -0.25) is 0 Å². The number of nitrogen functional groups attached to an aromatic ring is 1. The molecule has 1 aromatic carbocycles. The molecule has 3 nitrogen and oxygen atoms in total. The predicted molar refractivity (Wildman–Crippen MR) is 70.5 cm³/mol. The van der Waals surface area contributed by atoms with Gasteiger partial charge in [0.1, 0.15) is 0 Å². The van der Waals surface area contributed by atoms with Crippen molar-refractivity contribution in [2.75, 3.05) is 11.5 Å². The van der Waals surface area contributed by atoms with Gasteiger partial charge in [-0.2, -0.15) is 0 Å². The van der Waals surface area contributed by atoms with E-state index in [2.05, 4.69) is 0 Å². The molecule has 0 saturated heterocycles. The van der Waals surface area contributed by atoms with Crippen LogP contribution < -0.4 is 5.73 Å². The highest BCUT2D eigenvalue weighted by Crippen LogP contribution is 2.33. The molecule has 17 heavy (non-hydrogen) atoms. The van der Waals surface area contributed by atoms with Gasteiger partial charge in [-0.05, 0) is 37.0 Å². The summed E-state index contributed by atoms with van der Waals surface area (Å²) in [4.78, 5) is 11.9. The second-order valence-corrected chi connectivity index (χ2v) is 5.58. The van der Waals surface area contributed by atoms with E-state index >= 15 is 0 Å². The second kappa shape index (κ2) is 5.45. The highest BCUT2D eigenvalue weighted by Gasteiger charge is 2.17. The van der Waals surface area contributed by atoms with E-state index in [0.29, 0.717) is 11.3 Å². The fourth-order valence-electron chi connectivity index (χ4n) is 2.22. The van der Waals surface area contributed by atoms with E-state index in [0.717, 1.165) is 16.6 Å². The van der Waals surface area contributed by atoms with Crippen molar-refractivity contribution in [2.24, 2.45) is 5.92 Å². The number of anilines is 1. The number of nitrogens with two attached hydrogens (primary N) is 1. The number of benzene rings is 1. The lowest BCUT2D eigenvalue weighted by atomic mass is 10.1. The Morgan fingerprint density at radius 3 is 2.76 bits per heavy atom. The van der Waals surface area contributed by atoms with Crippen LogP contribution in [0.4, 0.5) is 5.69 Å². The van der Waals surface area contributed by atoms with Gasteiger partial charge in [0.15, 0.2) is 0 Å². The van der Waals surface area contributed by atoms with Crippen LogP contribution >= 0.6 is 11.8 Å². The molecule has 0 aromatic heterocycles. The zero-order chi connectivity index (χ0) is 12.3. The number of hydrogen-bond donors (Lipinski definition) is 2. The summed E-state index contributed by atoms with van der Waals surface area (Å²) in [7, 11) is 0. The lowest BCUT2D eigenvalue weighted by Gasteiger charge is -2.10. The topological polar surface area (TPSA) is 63.3 Å². The zero-order valence-corrected chi connectivity index (χ0v) is 10.5. The molecule has 2 rings (SSSR count). The minimum Gasteiger partial charge on any atom is -0.478 e. The molecule has 3 N–H and O–H groups in total. The third-order valence-corrected chi connectivity index (χ3v) is 4.47. The maximum Gasteiger partial charge on any atom is 0.336 e. The van der Waals surface area contributed by atoms with Gasteiger partial charge in [0.25, 0.3) is 0 Å². The summed E-state index contributed by atoms with van der Waals surface area (Å²) in [5.41, 5.74) is 6.70. The van der Waals surface area contributed by atoms with E-state index in [1.54, 1.807) is 30.0 Å². The Morgan fingerprint density at radius 2 is 2.12 bits per heavy atom. The highest BCUT2D eigenvalue weighted by atomic mass is 32.2. The fraction of sp³-hybridized carbons (Fsp3) is 0.462. The molecule has 1 fully saturated rings. The predicted octanol–water partition coefficient (Wildman–Crippen LogP) is 3.25. The van der Waals surface area contributed by atoms with Gasteiger partial charge in [0.05, 0.1) is 5.56 Å². The van der Waals surface area contributed by atoms with Gasteiger partial charge < -0.3 is 10.8 Å². The summed E-state index contributed by atoms with van der Waals surface area (Å²) in [6.07, 6.45) is 5.18. The number of carbonyl (C=O) groups is 1.